The number of allylic oxidation sites excluding steroid dienone is 1. The number of hydrogen-bond acceptors (Lipinski definition) is 0. The summed E-state index contributed by atoms with van der Waals surface area (Å²) in [5.74, 6) is 0. The van der Waals surface area contributed by atoms with Gasteiger partial charge in [0.25, 0.3) is 0 Å². The highest BCUT2D eigenvalue weighted by atomic mass is 79.9. The molecule has 16 heavy (non-hydrogen) atoms. The summed E-state index contributed by atoms with van der Waals surface area (Å²) in [7, 11) is 0. The van der Waals surface area contributed by atoms with Crippen LogP contribution in [0.25, 0.3) is 0 Å². The van der Waals surface area contributed by atoms with Crippen molar-refractivity contribution in [3.8, 4) is 0 Å². The zero-order chi connectivity index (χ0) is 12.5. The van der Waals surface area contributed by atoms with Gasteiger partial charge < -0.3 is 0 Å². The Bertz CT molecular complexity index is 385. The van der Waals surface area contributed by atoms with Gasteiger partial charge in [-0.15, -0.1) is 0 Å². The molecule has 0 aromatic heterocycles. The SMILES string of the molecule is C=C(Br)Cc1c(C)cc(C(C)(C)C)cc1C. The van der Waals surface area contributed by atoms with Gasteiger partial charge in [0.05, 0.1) is 0 Å². The van der Waals surface area contributed by atoms with E-state index in [1.165, 1.54) is 22.3 Å². The standard InChI is InChI=1S/C15H21Br/c1-10-7-13(15(4,5)6)8-11(2)14(10)9-12(3)16/h7-8H,3,9H2,1-2,4-6H3. The average Bonchev–Trinajstić information content (AvgIpc) is 2.09. The molecule has 0 aliphatic carbocycles. The summed E-state index contributed by atoms with van der Waals surface area (Å²) in [4.78, 5) is 0. The molecule has 0 aliphatic heterocycles. The van der Waals surface area contributed by atoms with Crippen LogP contribution in [0.15, 0.2) is 23.2 Å². The summed E-state index contributed by atoms with van der Waals surface area (Å²) in [6.07, 6.45) is 0.919. The van der Waals surface area contributed by atoms with E-state index >= 15 is 0 Å². The van der Waals surface area contributed by atoms with Crippen molar-refractivity contribution in [2.24, 2.45) is 0 Å². The second kappa shape index (κ2) is 4.75. The lowest BCUT2D eigenvalue weighted by atomic mass is 9.83. The Morgan fingerprint density at radius 1 is 1.19 bits per heavy atom. The summed E-state index contributed by atoms with van der Waals surface area (Å²) >= 11 is 3.44. The van der Waals surface area contributed by atoms with Crippen LogP contribution >= 0.6 is 15.9 Å². The Morgan fingerprint density at radius 3 is 1.94 bits per heavy atom. The van der Waals surface area contributed by atoms with Gasteiger partial charge in [-0.1, -0.05) is 55.4 Å². The number of halogens is 1. The maximum absolute atomic E-state index is 3.92. The topological polar surface area (TPSA) is 0 Å². The lowest BCUT2D eigenvalue weighted by Gasteiger charge is -2.22. The fourth-order valence-electron chi connectivity index (χ4n) is 1.90. The van der Waals surface area contributed by atoms with Crippen LogP contribution in [0.3, 0.4) is 0 Å². The van der Waals surface area contributed by atoms with E-state index in [1.54, 1.807) is 0 Å². The van der Waals surface area contributed by atoms with Crippen LogP contribution < -0.4 is 0 Å². The lowest BCUT2D eigenvalue weighted by molar-refractivity contribution is 0.589. The molecule has 0 spiro atoms. The number of hydrogen-bond donors (Lipinski definition) is 0. The Hall–Kier alpha value is -0.560. The molecular weight excluding hydrogens is 260 g/mol. The molecule has 0 unspecified atom stereocenters. The quantitative estimate of drug-likeness (QED) is 0.711. The molecule has 0 aliphatic rings. The molecule has 1 aromatic rings. The van der Waals surface area contributed by atoms with E-state index < -0.39 is 0 Å². The van der Waals surface area contributed by atoms with E-state index in [9.17, 15) is 0 Å². The highest BCUT2D eigenvalue weighted by Gasteiger charge is 2.16. The highest BCUT2D eigenvalue weighted by molar-refractivity contribution is 9.11. The molecular formula is C15H21Br. The van der Waals surface area contributed by atoms with Crippen molar-refractivity contribution in [3.05, 3.63) is 45.4 Å². The largest absolute Gasteiger partial charge is 0.0885 e. The van der Waals surface area contributed by atoms with E-state index in [0.29, 0.717) is 0 Å². The van der Waals surface area contributed by atoms with Gasteiger partial charge in [0, 0.05) is 6.42 Å². The summed E-state index contributed by atoms with van der Waals surface area (Å²) in [6.45, 7) is 15.1. The van der Waals surface area contributed by atoms with Crippen LogP contribution in [0.2, 0.25) is 0 Å². The van der Waals surface area contributed by atoms with Crippen LogP contribution in [0.4, 0.5) is 0 Å². The first-order chi connectivity index (χ1) is 7.21. The predicted octanol–water partition coefficient (Wildman–Crippen LogP) is 5.05. The van der Waals surface area contributed by atoms with Crippen molar-refractivity contribution < 1.29 is 0 Å². The molecule has 0 saturated carbocycles. The van der Waals surface area contributed by atoms with Crippen LogP contribution in [0.1, 0.15) is 43.0 Å². The summed E-state index contributed by atoms with van der Waals surface area (Å²) in [5, 5.41) is 0. The molecule has 0 nitrogen and oxygen atoms in total. The van der Waals surface area contributed by atoms with Crippen molar-refractivity contribution >= 4 is 15.9 Å². The molecule has 88 valence electrons. The third-order valence-corrected chi connectivity index (χ3v) is 3.21. The van der Waals surface area contributed by atoms with Crippen molar-refractivity contribution in [1.82, 2.24) is 0 Å². The summed E-state index contributed by atoms with van der Waals surface area (Å²) in [5.41, 5.74) is 5.76. The van der Waals surface area contributed by atoms with E-state index in [1.807, 2.05) is 0 Å². The Morgan fingerprint density at radius 2 is 1.62 bits per heavy atom. The van der Waals surface area contributed by atoms with E-state index in [0.717, 1.165) is 10.9 Å². The van der Waals surface area contributed by atoms with Crippen molar-refractivity contribution in [1.29, 1.82) is 0 Å². The maximum Gasteiger partial charge on any atom is 0.00399 e. The van der Waals surface area contributed by atoms with Crippen LogP contribution in [0, 0.1) is 13.8 Å². The highest BCUT2D eigenvalue weighted by Crippen LogP contribution is 2.28. The smallest absolute Gasteiger partial charge is 0.00399 e. The van der Waals surface area contributed by atoms with E-state index in [2.05, 4.69) is 69.3 Å². The first-order valence-corrected chi connectivity index (χ1v) is 6.45. The second-order valence-electron chi connectivity index (χ2n) is 5.53. The van der Waals surface area contributed by atoms with Gasteiger partial charge in [-0.05, 0) is 46.0 Å². The molecule has 0 atom stereocenters. The summed E-state index contributed by atoms with van der Waals surface area (Å²) in [6, 6.07) is 4.61. The molecule has 0 fully saturated rings. The van der Waals surface area contributed by atoms with Gasteiger partial charge in [0.15, 0.2) is 0 Å². The Kier molecular flexibility index (Phi) is 4.01. The fraction of sp³-hybridized carbons (Fsp3) is 0.467. The predicted molar refractivity (Wildman–Crippen MR) is 76.4 cm³/mol. The molecule has 0 saturated heterocycles. The third kappa shape index (κ3) is 3.21. The Labute approximate surface area is 108 Å². The normalized spacial score (nSPS) is 11.6. The molecule has 1 heteroatoms. The van der Waals surface area contributed by atoms with Crippen molar-refractivity contribution in [2.75, 3.05) is 0 Å². The molecule has 1 aromatic carbocycles. The fourth-order valence-corrected chi connectivity index (χ4v) is 2.18. The molecule has 1 rings (SSSR count). The summed E-state index contributed by atoms with van der Waals surface area (Å²) < 4.78 is 1.04. The zero-order valence-corrected chi connectivity index (χ0v) is 12.5. The monoisotopic (exact) mass is 280 g/mol. The second-order valence-corrected chi connectivity index (χ2v) is 6.65. The molecule has 0 amide bonds. The van der Waals surface area contributed by atoms with Gasteiger partial charge in [-0.25, -0.2) is 0 Å². The van der Waals surface area contributed by atoms with E-state index in [-0.39, 0.29) is 5.41 Å². The minimum Gasteiger partial charge on any atom is -0.0885 e. The number of benzene rings is 1. The van der Waals surface area contributed by atoms with Gasteiger partial charge >= 0.3 is 0 Å². The van der Waals surface area contributed by atoms with Crippen LogP contribution in [-0.2, 0) is 11.8 Å². The van der Waals surface area contributed by atoms with Crippen LogP contribution in [-0.4, -0.2) is 0 Å². The average molecular weight is 281 g/mol. The zero-order valence-electron chi connectivity index (χ0n) is 10.9. The lowest BCUT2D eigenvalue weighted by Crippen LogP contribution is -2.12. The maximum atomic E-state index is 3.92. The Balaban J connectivity index is 3.23. The van der Waals surface area contributed by atoms with Crippen LogP contribution in [0.5, 0.6) is 0 Å². The van der Waals surface area contributed by atoms with Crippen molar-refractivity contribution in [3.63, 3.8) is 0 Å². The van der Waals surface area contributed by atoms with Gasteiger partial charge in [0.1, 0.15) is 0 Å². The molecule has 0 N–H and O–H groups in total. The van der Waals surface area contributed by atoms with Gasteiger partial charge in [-0.2, -0.15) is 0 Å². The third-order valence-electron chi connectivity index (χ3n) is 2.93. The minimum absolute atomic E-state index is 0.222. The molecule has 0 heterocycles. The molecule has 0 bridgehead atoms. The van der Waals surface area contributed by atoms with Gasteiger partial charge in [0.2, 0.25) is 0 Å². The van der Waals surface area contributed by atoms with E-state index in [4.69, 9.17) is 0 Å². The first-order valence-electron chi connectivity index (χ1n) is 5.65. The molecule has 0 radical (unpaired) electrons. The number of rotatable bonds is 2. The first kappa shape index (κ1) is 13.5. The van der Waals surface area contributed by atoms with Gasteiger partial charge in [-0.3, -0.25) is 0 Å². The van der Waals surface area contributed by atoms with Crippen molar-refractivity contribution in [2.45, 2.75) is 46.5 Å². The number of aryl methyl sites for hydroxylation is 2. The minimum atomic E-state index is 0.222.